The van der Waals surface area contributed by atoms with Gasteiger partial charge < -0.3 is 4.74 Å². The Morgan fingerprint density at radius 1 is 0.917 bits per heavy atom. The topological polar surface area (TPSA) is 43.4 Å². The van der Waals surface area contributed by atoms with Gasteiger partial charge in [-0.1, -0.05) is 36.4 Å². The lowest BCUT2D eigenvalue weighted by atomic mass is 10.0. The second-order valence-electron chi connectivity index (χ2n) is 5.45. The van der Waals surface area contributed by atoms with Crippen LogP contribution in [0.15, 0.2) is 66.7 Å². The molecular weight excluding hydrogens is 307 g/mol. The van der Waals surface area contributed by atoms with Crippen LogP contribution in [0.2, 0.25) is 0 Å². The van der Waals surface area contributed by atoms with Crippen molar-refractivity contribution >= 4 is 22.5 Å². The molecule has 0 fully saturated rings. The number of ether oxygens (including phenoxy) is 1. The van der Waals surface area contributed by atoms with Gasteiger partial charge in [0.15, 0.2) is 6.10 Å². The highest BCUT2D eigenvalue weighted by molar-refractivity contribution is 6.06. The monoisotopic (exact) mass is 322 g/mol. The van der Waals surface area contributed by atoms with Crippen LogP contribution in [0.3, 0.4) is 0 Å². The molecule has 3 nitrogen and oxygen atoms in total. The molecule has 3 rings (SSSR count). The molecule has 0 saturated heterocycles. The molecule has 0 aliphatic rings. The van der Waals surface area contributed by atoms with E-state index in [0.717, 1.165) is 10.8 Å². The first-order valence-corrected chi connectivity index (χ1v) is 7.55. The minimum absolute atomic E-state index is 0.301. The summed E-state index contributed by atoms with van der Waals surface area (Å²) in [5.41, 5.74) is 0.710. The molecule has 0 saturated carbocycles. The third-order valence-electron chi connectivity index (χ3n) is 3.79. The maximum Gasteiger partial charge on any atom is 0.339 e. The number of ketones is 1. The number of esters is 1. The van der Waals surface area contributed by atoms with Gasteiger partial charge in [0.1, 0.15) is 5.82 Å². The average Bonchev–Trinajstić information content (AvgIpc) is 2.61. The number of carbonyl (C=O) groups excluding carboxylic acids is 2. The third kappa shape index (κ3) is 3.18. The second-order valence-corrected chi connectivity index (χ2v) is 5.45. The molecule has 4 heteroatoms. The Labute approximate surface area is 138 Å². The van der Waals surface area contributed by atoms with Crippen molar-refractivity contribution in [1.82, 2.24) is 0 Å². The number of Topliss-reactive ketones (excluding diaryl/α,β-unsaturated/α-hetero) is 1. The first-order chi connectivity index (χ1) is 11.6. The number of benzene rings is 3. The summed E-state index contributed by atoms with van der Waals surface area (Å²) in [5, 5.41) is 1.69. The normalized spacial score (nSPS) is 11.9. The minimum atomic E-state index is -0.957. The van der Waals surface area contributed by atoms with Crippen LogP contribution in [-0.4, -0.2) is 17.9 Å². The molecule has 0 unspecified atom stereocenters. The van der Waals surface area contributed by atoms with Gasteiger partial charge in [0.25, 0.3) is 0 Å². The Balaban J connectivity index is 1.80. The Hall–Kier alpha value is -3.01. The van der Waals surface area contributed by atoms with Crippen molar-refractivity contribution in [2.75, 3.05) is 0 Å². The summed E-state index contributed by atoms with van der Waals surface area (Å²) in [5.74, 6) is -1.36. The number of fused-ring (bicyclic) bond motifs is 1. The van der Waals surface area contributed by atoms with E-state index in [0.29, 0.717) is 11.1 Å². The molecule has 0 radical (unpaired) electrons. The van der Waals surface area contributed by atoms with Crippen molar-refractivity contribution in [1.29, 1.82) is 0 Å². The van der Waals surface area contributed by atoms with Crippen LogP contribution in [0.5, 0.6) is 0 Å². The molecule has 1 atom stereocenters. The van der Waals surface area contributed by atoms with E-state index < -0.39 is 17.9 Å². The first kappa shape index (κ1) is 15.9. The number of rotatable bonds is 4. The van der Waals surface area contributed by atoms with E-state index in [9.17, 15) is 14.0 Å². The van der Waals surface area contributed by atoms with Crippen LogP contribution in [0.1, 0.15) is 27.6 Å². The Morgan fingerprint density at radius 2 is 1.58 bits per heavy atom. The largest absolute Gasteiger partial charge is 0.451 e. The molecular formula is C20H15FO3. The van der Waals surface area contributed by atoms with Crippen molar-refractivity contribution in [3.05, 3.63) is 83.7 Å². The fourth-order valence-electron chi connectivity index (χ4n) is 2.53. The van der Waals surface area contributed by atoms with E-state index in [2.05, 4.69) is 0 Å². The lowest BCUT2D eigenvalue weighted by Crippen LogP contribution is -2.24. The van der Waals surface area contributed by atoms with E-state index in [4.69, 9.17) is 4.74 Å². The summed E-state index contributed by atoms with van der Waals surface area (Å²) in [6, 6.07) is 17.9. The zero-order valence-corrected chi connectivity index (χ0v) is 13.0. The molecule has 0 N–H and O–H groups in total. The number of hydrogen-bond acceptors (Lipinski definition) is 3. The first-order valence-electron chi connectivity index (χ1n) is 7.55. The Morgan fingerprint density at radius 3 is 2.33 bits per heavy atom. The highest BCUT2D eigenvalue weighted by Gasteiger charge is 2.21. The van der Waals surface area contributed by atoms with Crippen molar-refractivity contribution in [3.8, 4) is 0 Å². The van der Waals surface area contributed by atoms with Gasteiger partial charge in [0.05, 0.1) is 5.56 Å². The Kier molecular flexibility index (Phi) is 4.38. The predicted molar refractivity (Wildman–Crippen MR) is 89.6 cm³/mol. The lowest BCUT2D eigenvalue weighted by molar-refractivity contribution is 0.0320. The van der Waals surface area contributed by atoms with Gasteiger partial charge in [-0.15, -0.1) is 0 Å². The maximum absolute atomic E-state index is 12.9. The molecule has 0 amide bonds. The van der Waals surface area contributed by atoms with Crippen molar-refractivity contribution in [2.24, 2.45) is 0 Å². The van der Waals surface area contributed by atoms with E-state index in [1.165, 1.54) is 31.2 Å². The molecule has 3 aromatic carbocycles. The average molecular weight is 322 g/mol. The number of halogens is 1. The molecule has 3 aromatic rings. The van der Waals surface area contributed by atoms with Gasteiger partial charge in [0, 0.05) is 5.56 Å². The van der Waals surface area contributed by atoms with Crippen molar-refractivity contribution in [2.45, 2.75) is 13.0 Å². The molecule has 0 aliphatic heterocycles. The van der Waals surface area contributed by atoms with Crippen LogP contribution in [0.25, 0.3) is 10.8 Å². The van der Waals surface area contributed by atoms with Gasteiger partial charge in [0.2, 0.25) is 5.78 Å². The van der Waals surface area contributed by atoms with E-state index in [1.54, 1.807) is 12.1 Å². The van der Waals surface area contributed by atoms with Gasteiger partial charge in [-0.3, -0.25) is 4.79 Å². The molecule has 0 bridgehead atoms. The highest BCUT2D eigenvalue weighted by atomic mass is 19.1. The fourth-order valence-corrected chi connectivity index (χ4v) is 2.53. The predicted octanol–water partition coefficient (Wildman–Crippen LogP) is 4.41. The van der Waals surface area contributed by atoms with Crippen LogP contribution >= 0.6 is 0 Å². The SMILES string of the molecule is C[C@@H](OC(=O)c1cccc2ccccc12)C(=O)c1ccc(F)cc1. The second kappa shape index (κ2) is 6.62. The van der Waals surface area contributed by atoms with Crippen LogP contribution in [0, 0.1) is 5.82 Å². The highest BCUT2D eigenvalue weighted by Crippen LogP contribution is 2.20. The molecule has 120 valence electrons. The van der Waals surface area contributed by atoms with E-state index >= 15 is 0 Å². The number of hydrogen-bond donors (Lipinski definition) is 0. The molecule has 0 aromatic heterocycles. The summed E-state index contributed by atoms with van der Waals surface area (Å²) in [4.78, 5) is 24.7. The van der Waals surface area contributed by atoms with Gasteiger partial charge in [-0.25, -0.2) is 9.18 Å². The van der Waals surface area contributed by atoms with Gasteiger partial charge >= 0.3 is 5.97 Å². The summed E-state index contributed by atoms with van der Waals surface area (Å²) in [7, 11) is 0. The van der Waals surface area contributed by atoms with E-state index in [-0.39, 0.29) is 5.78 Å². The van der Waals surface area contributed by atoms with Gasteiger partial charge in [-0.2, -0.15) is 0 Å². The smallest absolute Gasteiger partial charge is 0.339 e. The lowest BCUT2D eigenvalue weighted by Gasteiger charge is -2.13. The van der Waals surface area contributed by atoms with Gasteiger partial charge in [-0.05, 0) is 48.0 Å². The van der Waals surface area contributed by atoms with Crippen molar-refractivity contribution in [3.63, 3.8) is 0 Å². The summed E-state index contributed by atoms with van der Waals surface area (Å²) in [6.45, 7) is 1.51. The zero-order valence-electron chi connectivity index (χ0n) is 13.0. The van der Waals surface area contributed by atoms with E-state index in [1.807, 2.05) is 30.3 Å². The van der Waals surface area contributed by atoms with Crippen LogP contribution in [0.4, 0.5) is 4.39 Å². The molecule has 0 heterocycles. The summed E-state index contributed by atoms with van der Waals surface area (Å²) < 4.78 is 18.2. The summed E-state index contributed by atoms with van der Waals surface area (Å²) in [6.07, 6.45) is -0.957. The molecule has 0 spiro atoms. The maximum atomic E-state index is 12.9. The molecule has 24 heavy (non-hydrogen) atoms. The van der Waals surface area contributed by atoms with Crippen molar-refractivity contribution < 1.29 is 18.7 Å². The third-order valence-corrected chi connectivity index (χ3v) is 3.79. The summed E-state index contributed by atoms with van der Waals surface area (Å²) >= 11 is 0. The fraction of sp³-hybridized carbons (Fsp3) is 0.100. The minimum Gasteiger partial charge on any atom is -0.451 e. The quantitative estimate of drug-likeness (QED) is 0.528. The Bertz CT molecular complexity index is 895. The van der Waals surface area contributed by atoms with Crippen LogP contribution in [-0.2, 0) is 4.74 Å². The number of carbonyl (C=O) groups is 2. The zero-order chi connectivity index (χ0) is 17.1. The standard InChI is InChI=1S/C20H15FO3/c1-13(19(22)15-9-11-16(21)12-10-15)24-20(23)18-8-4-6-14-5-2-3-7-17(14)18/h2-13H,1H3/t13-/m1/s1. The molecule has 0 aliphatic carbocycles. The van der Waals surface area contributed by atoms with Crippen LogP contribution < -0.4 is 0 Å².